The van der Waals surface area contributed by atoms with Gasteiger partial charge in [-0.25, -0.2) is 0 Å². The monoisotopic (exact) mass is 153 g/mol. The summed E-state index contributed by atoms with van der Waals surface area (Å²) in [6.07, 6.45) is 0. The van der Waals surface area contributed by atoms with Crippen LogP contribution in [0.2, 0.25) is 0 Å². The maximum Gasteiger partial charge on any atom is 0.147 e. The Morgan fingerprint density at radius 2 is 2.09 bits per heavy atom. The van der Waals surface area contributed by atoms with Gasteiger partial charge in [-0.2, -0.15) is 5.10 Å². The lowest BCUT2D eigenvalue weighted by Crippen LogP contribution is -2.11. The fourth-order valence-electron chi connectivity index (χ4n) is 0.834. The second-order valence-corrected chi connectivity index (χ2v) is 3.67. The smallest absolute Gasteiger partial charge is 0.147 e. The van der Waals surface area contributed by atoms with Gasteiger partial charge in [0.1, 0.15) is 5.82 Å². The van der Waals surface area contributed by atoms with E-state index in [2.05, 4.69) is 36.3 Å². The Kier molecular flexibility index (Phi) is 1.89. The second kappa shape index (κ2) is 2.57. The number of aromatic nitrogens is 2. The average molecular weight is 153 g/mol. The zero-order chi connectivity index (χ0) is 8.48. The van der Waals surface area contributed by atoms with E-state index >= 15 is 0 Å². The number of hydrogen-bond donors (Lipinski definition) is 2. The maximum atomic E-state index is 4.07. The molecule has 0 saturated carbocycles. The normalized spacial score (nSPS) is 11.6. The van der Waals surface area contributed by atoms with Crippen molar-refractivity contribution in [3.63, 3.8) is 0 Å². The molecule has 62 valence electrons. The molecule has 0 aliphatic rings. The van der Waals surface area contributed by atoms with E-state index in [0.29, 0.717) is 0 Å². The summed E-state index contributed by atoms with van der Waals surface area (Å²) < 4.78 is 0. The predicted octanol–water partition coefficient (Wildman–Crippen LogP) is 1.75. The number of anilines is 1. The third-order valence-corrected chi connectivity index (χ3v) is 1.64. The van der Waals surface area contributed by atoms with Gasteiger partial charge in [-0.1, -0.05) is 20.8 Å². The first-order valence-electron chi connectivity index (χ1n) is 3.77. The molecule has 0 unspecified atom stereocenters. The Balaban J connectivity index is 2.89. The highest BCUT2D eigenvalue weighted by Crippen LogP contribution is 2.21. The summed E-state index contributed by atoms with van der Waals surface area (Å²) in [7, 11) is 1.86. The van der Waals surface area contributed by atoms with Crippen molar-refractivity contribution in [3.05, 3.63) is 11.8 Å². The van der Waals surface area contributed by atoms with Gasteiger partial charge in [-0.15, -0.1) is 0 Å². The minimum Gasteiger partial charge on any atom is -0.372 e. The number of aromatic amines is 1. The highest BCUT2D eigenvalue weighted by Gasteiger charge is 2.15. The van der Waals surface area contributed by atoms with Crippen molar-refractivity contribution in [1.29, 1.82) is 0 Å². The van der Waals surface area contributed by atoms with E-state index in [0.717, 1.165) is 11.5 Å². The first kappa shape index (κ1) is 8.11. The summed E-state index contributed by atoms with van der Waals surface area (Å²) >= 11 is 0. The Hall–Kier alpha value is -0.990. The Bertz CT molecular complexity index is 232. The molecular formula is C8H15N3. The quantitative estimate of drug-likeness (QED) is 0.645. The zero-order valence-corrected chi connectivity index (χ0v) is 7.52. The summed E-state index contributed by atoms with van der Waals surface area (Å²) in [5, 5.41) is 10.0. The molecular weight excluding hydrogens is 138 g/mol. The largest absolute Gasteiger partial charge is 0.372 e. The molecule has 0 atom stereocenters. The third-order valence-electron chi connectivity index (χ3n) is 1.64. The number of hydrogen-bond acceptors (Lipinski definition) is 2. The molecule has 0 saturated heterocycles. The van der Waals surface area contributed by atoms with Crippen molar-refractivity contribution in [2.75, 3.05) is 12.4 Å². The second-order valence-electron chi connectivity index (χ2n) is 3.67. The van der Waals surface area contributed by atoms with Gasteiger partial charge in [0, 0.05) is 24.2 Å². The van der Waals surface area contributed by atoms with Crippen molar-refractivity contribution >= 4 is 5.82 Å². The predicted molar refractivity (Wildman–Crippen MR) is 46.8 cm³/mol. The van der Waals surface area contributed by atoms with E-state index in [1.807, 2.05) is 13.1 Å². The van der Waals surface area contributed by atoms with Gasteiger partial charge in [0.25, 0.3) is 0 Å². The molecule has 0 aliphatic carbocycles. The topological polar surface area (TPSA) is 40.7 Å². The van der Waals surface area contributed by atoms with E-state index in [1.165, 1.54) is 0 Å². The van der Waals surface area contributed by atoms with Gasteiger partial charge in [-0.05, 0) is 0 Å². The van der Waals surface area contributed by atoms with Crippen molar-refractivity contribution < 1.29 is 0 Å². The fraction of sp³-hybridized carbons (Fsp3) is 0.625. The molecule has 11 heavy (non-hydrogen) atoms. The molecule has 0 aromatic carbocycles. The van der Waals surface area contributed by atoms with Crippen LogP contribution in [0.15, 0.2) is 6.07 Å². The molecule has 1 heterocycles. The molecule has 0 fully saturated rings. The van der Waals surface area contributed by atoms with Gasteiger partial charge < -0.3 is 5.32 Å². The average Bonchev–Trinajstić information content (AvgIpc) is 2.32. The lowest BCUT2D eigenvalue weighted by atomic mass is 9.92. The molecule has 2 N–H and O–H groups in total. The zero-order valence-electron chi connectivity index (χ0n) is 7.52. The summed E-state index contributed by atoms with van der Waals surface area (Å²) in [5.41, 5.74) is 1.31. The highest BCUT2D eigenvalue weighted by atomic mass is 15.2. The summed E-state index contributed by atoms with van der Waals surface area (Å²) in [6.45, 7) is 6.46. The van der Waals surface area contributed by atoms with Gasteiger partial charge in [0.05, 0.1) is 0 Å². The Morgan fingerprint density at radius 3 is 2.36 bits per heavy atom. The molecule has 1 rings (SSSR count). The van der Waals surface area contributed by atoms with Gasteiger partial charge in [0.2, 0.25) is 0 Å². The molecule has 0 spiro atoms. The van der Waals surface area contributed by atoms with Gasteiger partial charge >= 0.3 is 0 Å². The number of rotatable bonds is 1. The minimum atomic E-state index is 0.155. The summed E-state index contributed by atoms with van der Waals surface area (Å²) in [4.78, 5) is 0. The van der Waals surface area contributed by atoms with E-state index in [4.69, 9.17) is 0 Å². The van der Waals surface area contributed by atoms with Crippen molar-refractivity contribution in [1.82, 2.24) is 10.2 Å². The summed E-state index contributed by atoms with van der Waals surface area (Å²) in [6, 6.07) is 2.03. The molecule has 0 amide bonds. The van der Waals surface area contributed by atoms with Crippen molar-refractivity contribution in [2.24, 2.45) is 0 Å². The molecule has 0 bridgehead atoms. The number of nitrogens with one attached hydrogen (secondary N) is 2. The molecule has 1 aromatic rings. The molecule has 3 nitrogen and oxygen atoms in total. The van der Waals surface area contributed by atoms with Gasteiger partial charge in [-0.3, -0.25) is 5.10 Å². The SMILES string of the molecule is CNc1cc(C(C)(C)C)[nH]n1. The highest BCUT2D eigenvalue weighted by molar-refractivity contribution is 5.36. The first-order chi connectivity index (χ1) is 5.04. The van der Waals surface area contributed by atoms with Crippen LogP contribution in [0.3, 0.4) is 0 Å². The Labute approximate surface area is 67.2 Å². The van der Waals surface area contributed by atoms with E-state index in [-0.39, 0.29) is 5.41 Å². The molecule has 0 aliphatic heterocycles. The van der Waals surface area contributed by atoms with Crippen LogP contribution in [0.1, 0.15) is 26.5 Å². The molecule has 1 aromatic heterocycles. The van der Waals surface area contributed by atoms with Crippen LogP contribution in [-0.2, 0) is 5.41 Å². The van der Waals surface area contributed by atoms with Crippen molar-refractivity contribution in [2.45, 2.75) is 26.2 Å². The lowest BCUT2D eigenvalue weighted by Gasteiger charge is -2.14. The molecule has 3 heteroatoms. The standard InChI is InChI=1S/C8H15N3/c1-8(2,3)6-5-7(9-4)11-10-6/h5H,1-4H3,(H2,9,10,11). The maximum absolute atomic E-state index is 4.07. The third kappa shape index (κ3) is 1.73. The van der Waals surface area contributed by atoms with Crippen LogP contribution < -0.4 is 5.32 Å². The summed E-state index contributed by atoms with van der Waals surface area (Å²) in [5.74, 6) is 0.898. The Morgan fingerprint density at radius 1 is 1.45 bits per heavy atom. The van der Waals surface area contributed by atoms with E-state index in [9.17, 15) is 0 Å². The number of H-pyrrole nitrogens is 1. The lowest BCUT2D eigenvalue weighted by molar-refractivity contribution is 0.567. The van der Waals surface area contributed by atoms with Crippen LogP contribution >= 0.6 is 0 Å². The van der Waals surface area contributed by atoms with Crippen LogP contribution in [0.4, 0.5) is 5.82 Å². The van der Waals surface area contributed by atoms with Gasteiger partial charge in [0.15, 0.2) is 0 Å². The van der Waals surface area contributed by atoms with Crippen LogP contribution in [-0.4, -0.2) is 17.2 Å². The van der Waals surface area contributed by atoms with E-state index in [1.54, 1.807) is 0 Å². The molecule has 0 radical (unpaired) electrons. The van der Waals surface area contributed by atoms with Crippen LogP contribution in [0, 0.1) is 0 Å². The fourth-order valence-corrected chi connectivity index (χ4v) is 0.834. The van der Waals surface area contributed by atoms with Crippen LogP contribution in [0.25, 0.3) is 0 Å². The minimum absolute atomic E-state index is 0.155. The van der Waals surface area contributed by atoms with Crippen LogP contribution in [0.5, 0.6) is 0 Å². The van der Waals surface area contributed by atoms with Crippen molar-refractivity contribution in [3.8, 4) is 0 Å². The number of nitrogens with zero attached hydrogens (tertiary/aromatic N) is 1. The first-order valence-corrected chi connectivity index (χ1v) is 3.77. The van der Waals surface area contributed by atoms with E-state index < -0.39 is 0 Å².